The van der Waals surface area contributed by atoms with Crippen molar-refractivity contribution < 1.29 is 22.4 Å². The summed E-state index contributed by atoms with van der Waals surface area (Å²) in [5.74, 6) is -0.0645. The van der Waals surface area contributed by atoms with E-state index in [4.69, 9.17) is 9.15 Å². The third-order valence-corrected chi connectivity index (χ3v) is 6.43. The van der Waals surface area contributed by atoms with E-state index in [1.54, 1.807) is 19.9 Å². The summed E-state index contributed by atoms with van der Waals surface area (Å²) in [6, 6.07) is 17.3. The molecule has 0 saturated carbocycles. The standard InChI is InChI=1S/C23H22N2O5S/c1-14(2)25-31(27,28)16-9-11-21(29-3)19(12-16)24-23(26)22-13-18-17-7-5-4-6-15(17)8-10-20(18)30-22/h4-14,25H,1-3H3,(H,24,26). The van der Waals surface area contributed by atoms with Crippen molar-refractivity contribution in [2.45, 2.75) is 24.8 Å². The van der Waals surface area contributed by atoms with E-state index < -0.39 is 15.9 Å². The minimum absolute atomic E-state index is 0.0212. The van der Waals surface area contributed by atoms with Gasteiger partial charge in [-0.15, -0.1) is 0 Å². The zero-order valence-electron chi connectivity index (χ0n) is 17.3. The molecule has 0 aliphatic rings. The maximum Gasteiger partial charge on any atom is 0.291 e. The minimum atomic E-state index is -3.73. The number of anilines is 1. The highest BCUT2D eigenvalue weighted by Gasteiger charge is 2.20. The maximum atomic E-state index is 12.9. The number of benzene rings is 3. The van der Waals surface area contributed by atoms with Gasteiger partial charge in [0.05, 0.1) is 17.7 Å². The molecule has 0 fully saturated rings. The molecular formula is C23H22N2O5S. The molecule has 0 unspecified atom stereocenters. The molecule has 1 heterocycles. The molecule has 31 heavy (non-hydrogen) atoms. The maximum absolute atomic E-state index is 12.9. The first kappa shape index (κ1) is 20.9. The van der Waals surface area contributed by atoms with Gasteiger partial charge in [0, 0.05) is 11.4 Å². The Labute approximate surface area is 180 Å². The van der Waals surface area contributed by atoms with Gasteiger partial charge in [0.1, 0.15) is 11.3 Å². The topological polar surface area (TPSA) is 97.6 Å². The van der Waals surface area contributed by atoms with E-state index in [-0.39, 0.29) is 22.4 Å². The normalized spacial score (nSPS) is 11.9. The molecule has 0 bridgehead atoms. The van der Waals surface area contributed by atoms with Gasteiger partial charge in [-0.3, -0.25) is 4.79 Å². The van der Waals surface area contributed by atoms with Gasteiger partial charge in [0.25, 0.3) is 5.91 Å². The molecule has 4 rings (SSSR count). The van der Waals surface area contributed by atoms with Gasteiger partial charge in [-0.05, 0) is 55.0 Å². The van der Waals surface area contributed by atoms with E-state index in [1.165, 1.54) is 25.3 Å². The summed E-state index contributed by atoms with van der Waals surface area (Å²) in [4.78, 5) is 12.9. The van der Waals surface area contributed by atoms with Gasteiger partial charge < -0.3 is 14.5 Å². The van der Waals surface area contributed by atoms with Crippen molar-refractivity contribution in [3.63, 3.8) is 0 Å². The van der Waals surface area contributed by atoms with Crippen LogP contribution in [0.3, 0.4) is 0 Å². The Kier molecular flexibility index (Phi) is 5.43. The summed E-state index contributed by atoms with van der Waals surface area (Å²) in [6.07, 6.45) is 0. The molecule has 7 nitrogen and oxygen atoms in total. The fraction of sp³-hybridized carbons (Fsp3) is 0.174. The third-order valence-electron chi connectivity index (χ3n) is 4.77. The van der Waals surface area contributed by atoms with E-state index in [0.29, 0.717) is 11.3 Å². The Balaban J connectivity index is 1.69. The molecule has 0 aliphatic carbocycles. The summed E-state index contributed by atoms with van der Waals surface area (Å²) in [7, 11) is -2.29. The molecule has 2 N–H and O–H groups in total. The Morgan fingerprint density at radius 3 is 2.52 bits per heavy atom. The Morgan fingerprint density at radius 2 is 1.77 bits per heavy atom. The van der Waals surface area contributed by atoms with Crippen molar-refractivity contribution in [1.29, 1.82) is 0 Å². The second kappa shape index (κ2) is 8.05. The zero-order valence-corrected chi connectivity index (χ0v) is 18.1. The second-order valence-corrected chi connectivity index (χ2v) is 9.12. The van der Waals surface area contributed by atoms with E-state index in [1.807, 2.05) is 36.4 Å². The summed E-state index contributed by atoms with van der Waals surface area (Å²) in [5.41, 5.74) is 0.817. The van der Waals surface area contributed by atoms with Crippen LogP contribution in [0.5, 0.6) is 5.75 Å². The van der Waals surface area contributed by atoms with E-state index >= 15 is 0 Å². The van der Waals surface area contributed by atoms with Crippen LogP contribution in [0.1, 0.15) is 24.4 Å². The fourth-order valence-corrected chi connectivity index (χ4v) is 4.70. The molecule has 160 valence electrons. The van der Waals surface area contributed by atoms with Gasteiger partial charge in [0.2, 0.25) is 10.0 Å². The number of nitrogens with one attached hydrogen (secondary N) is 2. The number of fused-ring (bicyclic) bond motifs is 3. The lowest BCUT2D eigenvalue weighted by atomic mass is 10.1. The molecule has 0 atom stereocenters. The predicted molar refractivity (Wildman–Crippen MR) is 120 cm³/mol. The molecular weight excluding hydrogens is 416 g/mol. The van der Waals surface area contributed by atoms with Gasteiger partial charge in [0.15, 0.2) is 5.76 Å². The van der Waals surface area contributed by atoms with Crippen molar-refractivity contribution in [2.75, 3.05) is 12.4 Å². The number of methoxy groups -OCH3 is 1. The quantitative estimate of drug-likeness (QED) is 0.461. The second-order valence-electron chi connectivity index (χ2n) is 7.40. The van der Waals surface area contributed by atoms with Gasteiger partial charge >= 0.3 is 0 Å². The molecule has 8 heteroatoms. The number of rotatable bonds is 6. The molecule has 3 aromatic carbocycles. The van der Waals surface area contributed by atoms with Crippen LogP contribution in [0.25, 0.3) is 21.7 Å². The fourth-order valence-electron chi connectivity index (χ4n) is 3.42. The van der Waals surface area contributed by atoms with Crippen LogP contribution in [0.4, 0.5) is 5.69 Å². The van der Waals surface area contributed by atoms with Crippen LogP contribution in [0.15, 0.2) is 70.0 Å². The Bertz CT molecular complexity index is 1390. The lowest BCUT2D eigenvalue weighted by molar-refractivity contribution is 0.0998. The molecule has 0 spiro atoms. The smallest absolute Gasteiger partial charge is 0.291 e. The lowest BCUT2D eigenvalue weighted by Gasteiger charge is -2.13. The Morgan fingerprint density at radius 1 is 1.00 bits per heavy atom. The summed E-state index contributed by atoms with van der Waals surface area (Å²) in [6.45, 7) is 3.46. The number of furan rings is 1. The number of sulfonamides is 1. The van der Waals surface area contributed by atoms with Crippen molar-refractivity contribution in [2.24, 2.45) is 0 Å². The van der Waals surface area contributed by atoms with Crippen LogP contribution in [0.2, 0.25) is 0 Å². The highest BCUT2D eigenvalue weighted by molar-refractivity contribution is 7.89. The number of carbonyl (C=O) groups is 1. The SMILES string of the molecule is COc1ccc(S(=O)(=O)NC(C)C)cc1NC(=O)c1cc2c(ccc3ccccc32)o1. The highest BCUT2D eigenvalue weighted by Crippen LogP contribution is 2.31. The van der Waals surface area contributed by atoms with Crippen molar-refractivity contribution in [3.8, 4) is 5.75 Å². The molecule has 0 radical (unpaired) electrons. The monoisotopic (exact) mass is 438 g/mol. The van der Waals surface area contributed by atoms with Gasteiger partial charge in [-0.2, -0.15) is 0 Å². The average Bonchev–Trinajstić information content (AvgIpc) is 3.18. The van der Waals surface area contributed by atoms with Crippen LogP contribution in [-0.2, 0) is 10.0 Å². The summed E-state index contributed by atoms with van der Waals surface area (Å²) in [5, 5.41) is 5.55. The van der Waals surface area contributed by atoms with Gasteiger partial charge in [-0.25, -0.2) is 13.1 Å². The summed E-state index contributed by atoms with van der Waals surface area (Å²) < 4.78 is 38.6. The van der Waals surface area contributed by atoms with Gasteiger partial charge in [-0.1, -0.05) is 30.3 Å². The minimum Gasteiger partial charge on any atom is -0.495 e. The molecule has 4 aromatic rings. The molecule has 0 aliphatic heterocycles. The Hall–Kier alpha value is -3.36. The number of carbonyl (C=O) groups excluding carboxylic acids is 1. The summed E-state index contributed by atoms with van der Waals surface area (Å²) >= 11 is 0. The molecule has 1 amide bonds. The number of hydrogen-bond donors (Lipinski definition) is 2. The van der Waals surface area contributed by atoms with E-state index in [0.717, 1.165) is 16.2 Å². The van der Waals surface area contributed by atoms with E-state index in [9.17, 15) is 13.2 Å². The lowest BCUT2D eigenvalue weighted by Crippen LogP contribution is -2.30. The van der Waals surface area contributed by atoms with Crippen LogP contribution >= 0.6 is 0 Å². The largest absolute Gasteiger partial charge is 0.495 e. The van der Waals surface area contributed by atoms with E-state index in [2.05, 4.69) is 10.0 Å². The number of ether oxygens (including phenoxy) is 1. The van der Waals surface area contributed by atoms with Crippen LogP contribution < -0.4 is 14.8 Å². The predicted octanol–water partition coefficient (Wildman–Crippen LogP) is 4.53. The number of amides is 1. The van der Waals surface area contributed by atoms with Crippen molar-refractivity contribution in [3.05, 3.63) is 66.4 Å². The molecule has 1 aromatic heterocycles. The van der Waals surface area contributed by atoms with Crippen molar-refractivity contribution >= 4 is 43.4 Å². The van der Waals surface area contributed by atoms with Crippen LogP contribution in [0, 0.1) is 0 Å². The first-order chi connectivity index (χ1) is 14.8. The molecule has 0 saturated heterocycles. The average molecular weight is 439 g/mol. The third kappa shape index (κ3) is 4.12. The highest BCUT2D eigenvalue weighted by atomic mass is 32.2. The first-order valence-electron chi connectivity index (χ1n) is 9.71. The van der Waals surface area contributed by atoms with Crippen LogP contribution in [-0.4, -0.2) is 27.5 Å². The van der Waals surface area contributed by atoms with Crippen molar-refractivity contribution in [1.82, 2.24) is 4.72 Å². The first-order valence-corrected chi connectivity index (χ1v) is 11.2. The zero-order chi connectivity index (χ0) is 22.2. The number of hydrogen-bond acceptors (Lipinski definition) is 5.